The highest BCUT2D eigenvalue weighted by atomic mass is 31.1. The van der Waals surface area contributed by atoms with Crippen LogP contribution in [0.5, 0.6) is 0 Å². The molecule has 14 heavy (non-hydrogen) atoms. The smallest absolute Gasteiger partial charge is 0.0645 e. The summed E-state index contributed by atoms with van der Waals surface area (Å²) < 4.78 is 6.08. The number of hydrogen-bond acceptors (Lipinski definition) is 1. The summed E-state index contributed by atoms with van der Waals surface area (Å²) in [6, 6.07) is 0. The largest absolute Gasteiger partial charge is 0.359 e. The molecule has 0 aromatic carbocycles. The lowest BCUT2D eigenvalue weighted by atomic mass is 9.71. The number of fused-ring (bicyclic) bond motifs is 3. The monoisotopic (exact) mass is 212 g/mol. The van der Waals surface area contributed by atoms with Crippen LogP contribution < -0.4 is 0 Å². The molecule has 1 nitrogen and oxygen atoms in total. The van der Waals surface area contributed by atoms with Crippen LogP contribution in [-0.4, -0.2) is 11.8 Å². The minimum Gasteiger partial charge on any atom is -0.359 e. The summed E-state index contributed by atoms with van der Waals surface area (Å²) in [5.41, 5.74) is 0.961. The van der Waals surface area contributed by atoms with Crippen molar-refractivity contribution in [3.8, 4) is 0 Å². The highest BCUT2D eigenvalue weighted by molar-refractivity contribution is 7.33. The van der Waals surface area contributed by atoms with Crippen molar-refractivity contribution in [2.24, 2.45) is 11.8 Å². The molecule has 2 heteroatoms. The SMILES string of the molecule is C1CCC2C(C1)OPC1CCCCC12. The van der Waals surface area contributed by atoms with Crippen LogP contribution in [0.3, 0.4) is 0 Å². The van der Waals surface area contributed by atoms with Gasteiger partial charge in [-0.25, -0.2) is 0 Å². The van der Waals surface area contributed by atoms with Crippen LogP contribution in [-0.2, 0) is 4.52 Å². The molecule has 80 valence electrons. The molecule has 2 saturated carbocycles. The van der Waals surface area contributed by atoms with Crippen molar-refractivity contribution in [3.63, 3.8) is 0 Å². The zero-order valence-electron chi connectivity index (χ0n) is 8.87. The van der Waals surface area contributed by atoms with Crippen LogP contribution in [0, 0.1) is 11.8 Å². The third-order valence-corrected chi connectivity index (χ3v) is 5.95. The van der Waals surface area contributed by atoms with E-state index in [1.807, 2.05) is 0 Å². The topological polar surface area (TPSA) is 9.23 Å². The quantitative estimate of drug-likeness (QED) is 0.556. The molecule has 1 heterocycles. The van der Waals surface area contributed by atoms with Gasteiger partial charge in [0.1, 0.15) is 0 Å². The summed E-state index contributed by atoms with van der Waals surface area (Å²) in [6.07, 6.45) is 12.3. The second-order valence-corrected chi connectivity index (χ2v) is 6.49. The van der Waals surface area contributed by atoms with E-state index < -0.39 is 0 Å². The molecule has 1 aliphatic heterocycles. The molecule has 0 N–H and O–H groups in total. The van der Waals surface area contributed by atoms with Crippen molar-refractivity contribution < 1.29 is 4.52 Å². The van der Waals surface area contributed by atoms with E-state index in [9.17, 15) is 0 Å². The van der Waals surface area contributed by atoms with Gasteiger partial charge in [-0.15, -0.1) is 0 Å². The molecule has 2 aliphatic carbocycles. The first kappa shape index (κ1) is 9.60. The summed E-state index contributed by atoms with van der Waals surface area (Å²) in [5.74, 6) is 2.01. The van der Waals surface area contributed by atoms with Crippen molar-refractivity contribution in [3.05, 3.63) is 0 Å². The zero-order valence-corrected chi connectivity index (χ0v) is 9.87. The van der Waals surface area contributed by atoms with Gasteiger partial charge in [-0.1, -0.05) is 25.7 Å². The number of rotatable bonds is 0. The molecule has 3 rings (SSSR count). The molecule has 5 unspecified atom stereocenters. The first-order chi connectivity index (χ1) is 6.95. The second-order valence-electron chi connectivity index (χ2n) is 5.28. The van der Waals surface area contributed by atoms with Crippen molar-refractivity contribution in [1.29, 1.82) is 0 Å². The maximum atomic E-state index is 6.08. The molecule has 3 aliphatic rings. The lowest BCUT2D eigenvalue weighted by Gasteiger charge is -2.47. The van der Waals surface area contributed by atoms with E-state index >= 15 is 0 Å². The Kier molecular flexibility index (Phi) is 2.81. The van der Waals surface area contributed by atoms with Gasteiger partial charge < -0.3 is 4.52 Å². The molecule has 0 spiro atoms. The van der Waals surface area contributed by atoms with Gasteiger partial charge in [0.25, 0.3) is 0 Å². The van der Waals surface area contributed by atoms with Gasteiger partial charge in [0, 0.05) is 14.5 Å². The van der Waals surface area contributed by atoms with Crippen LogP contribution in [0.25, 0.3) is 0 Å². The third kappa shape index (κ3) is 1.63. The Bertz CT molecular complexity index is 184. The van der Waals surface area contributed by atoms with E-state index in [1.165, 1.54) is 51.4 Å². The van der Waals surface area contributed by atoms with Gasteiger partial charge in [-0.05, 0) is 37.5 Å². The first-order valence-corrected chi connectivity index (χ1v) is 7.35. The van der Waals surface area contributed by atoms with Gasteiger partial charge in [0.15, 0.2) is 0 Å². The average Bonchev–Trinajstić information content (AvgIpc) is 2.29. The van der Waals surface area contributed by atoms with Crippen molar-refractivity contribution >= 4 is 8.81 Å². The molecule has 0 radical (unpaired) electrons. The Balaban J connectivity index is 1.74. The Hall–Kier alpha value is 0.390. The molecule has 3 fully saturated rings. The lowest BCUT2D eigenvalue weighted by Crippen LogP contribution is -2.41. The Morgan fingerprint density at radius 1 is 0.786 bits per heavy atom. The fourth-order valence-electron chi connectivity index (χ4n) is 3.75. The molecule has 0 amide bonds. The third-order valence-electron chi connectivity index (χ3n) is 4.49. The maximum Gasteiger partial charge on any atom is 0.0645 e. The highest BCUT2D eigenvalue weighted by Gasteiger charge is 2.41. The van der Waals surface area contributed by atoms with Gasteiger partial charge in [-0.3, -0.25) is 0 Å². The van der Waals surface area contributed by atoms with E-state index in [2.05, 4.69) is 0 Å². The van der Waals surface area contributed by atoms with Crippen LogP contribution in [0.1, 0.15) is 51.4 Å². The van der Waals surface area contributed by atoms with Crippen molar-refractivity contribution in [2.45, 2.75) is 63.1 Å². The maximum absolute atomic E-state index is 6.08. The van der Waals surface area contributed by atoms with Crippen LogP contribution in [0.4, 0.5) is 0 Å². The van der Waals surface area contributed by atoms with Crippen molar-refractivity contribution in [2.75, 3.05) is 0 Å². The van der Waals surface area contributed by atoms with Crippen LogP contribution >= 0.6 is 8.81 Å². The molecular weight excluding hydrogens is 191 g/mol. The lowest BCUT2D eigenvalue weighted by molar-refractivity contribution is 0.0328. The van der Waals surface area contributed by atoms with E-state index in [1.54, 1.807) is 0 Å². The Labute approximate surface area is 88.9 Å². The molecule has 0 aromatic rings. The minimum atomic E-state index is 0.668. The first-order valence-electron chi connectivity index (χ1n) is 6.36. The molecule has 0 aromatic heterocycles. The van der Waals surface area contributed by atoms with Crippen molar-refractivity contribution in [1.82, 2.24) is 0 Å². The van der Waals surface area contributed by atoms with E-state index in [0.717, 1.165) is 26.3 Å². The molecular formula is C12H21OP. The Morgan fingerprint density at radius 2 is 1.50 bits per heavy atom. The van der Waals surface area contributed by atoms with Gasteiger partial charge in [0.2, 0.25) is 0 Å². The van der Waals surface area contributed by atoms with E-state index in [0.29, 0.717) is 6.10 Å². The van der Waals surface area contributed by atoms with Gasteiger partial charge in [0.05, 0.1) is 6.10 Å². The summed E-state index contributed by atoms with van der Waals surface area (Å²) in [4.78, 5) is 0. The average molecular weight is 212 g/mol. The molecule has 5 atom stereocenters. The summed E-state index contributed by atoms with van der Waals surface area (Å²) in [7, 11) is 0.841. The van der Waals surface area contributed by atoms with Gasteiger partial charge in [-0.2, -0.15) is 0 Å². The van der Waals surface area contributed by atoms with Gasteiger partial charge >= 0.3 is 0 Å². The normalized spacial score (nSPS) is 49.7. The van der Waals surface area contributed by atoms with Crippen LogP contribution in [0.2, 0.25) is 0 Å². The molecule has 1 saturated heterocycles. The predicted octanol–water partition coefficient (Wildman–Crippen LogP) is 3.73. The fourth-order valence-corrected chi connectivity index (χ4v) is 5.31. The summed E-state index contributed by atoms with van der Waals surface area (Å²) in [6.45, 7) is 0. The highest BCUT2D eigenvalue weighted by Crippen LogP contribution is 2.52. The fraction of sp³-hybridized carbons (Fsp3) is 1.00. The number of hydrogen-bond donors (Lipinski definition) is 0. The summed E-state index contributed by atoms with van der Waals surface area (Å²) >= 11 is 0. The standard InChI is InChI=1S/C12H21OP/c1-3-7-11-9(5-1)10-6-2-4-8-12(10)14-13-11/h9-12,14H,1-8H2. The van der Waals surface area contributed by atoms with Crippen LogP contribution in [0.15, 0.2) is 0 Å². The summed E-state index contributed by atoms with van der Waals surface area (Å²) in [5, 5.41) is 0. The second kappa shape index (κ2) is 4.10. The Morgan fingerprint density at radius 3 is 2.43 bits per heavy atom. The van der Waals surface area contributed by atoms with E-state index in [4.69, 9.17) is 4.52 Å². The molecule has 0 bridgehead atoms. The predicted molar refractivity (Wildman–Crippen MR) is 60.9 cm³/mol. The minimum absolute atomic E-state index is 0.668. The zero-order chi connectivity index (χ0) is 9.38. The van der Waals surface area contributed by atoms with E-state index in [-0.39, 0.29) is 0 Å².